The number of carbonyl (C=O) groups is 1. The number of aliphatic hydroxyl groups excluding tert-OH is 2. The molecule has 3 aromatic rings. The molecule has 1 fully saturated rings. The maximum absolute atomic E-state index is 12.8. The van der Waals surface area contributed by atoms with Crippen LogP contribution in [0.15, 0.2) is 42.5 Å². The number of nitriles is 1. The van der Waals surface area contributed by atoms with Gasteiger partial charge in [-0.15, -0.1) is 0 Å². The highest BCUT2D eigenvalue weighted by atomic mass is 16.3. The fraction of sp³-hybridized carbons (Fsp3) is 0.318. The predicted molar refractivity (Wildman–Crippen MR) is 108 cm³/mol. The van der Waals surface area contributed by atoms with Crippen molar-refractivity contribution in [1.82, 2.24) is 9.55 Å². The first-order chi connectivity index (χ1) is 14.1. The Morgan fingerprint density at radius 1 is 1.21 bits per heavy atom. The van der Waals surface area contributed by atoms with E-state index in [1.54, 1.807) is 24.3 Å². The standard InChI is InChI=1S/C22H22N4O3/c23-12-14-2-1-3-16(10-14)21(29)25-22-24-19-11-15(13-27)4-9-20(19)26(22)17-5-7-18(28)8-6-17/h1-4,9-11,17-18,27-28H,5-8,13H2,(H,24,25,29). The molecule has 1 saturated carbocycles. The smallest absolute Gasteiger partial charge is 0.258 e. The molecule has 4 rings (SSSR count). The van der Waals surface area contributed by atoms with E-state index in [1.807, 2.05) is 28.8 Å². The molecule has 7 heteroatoms. The molecular formula is C22H22N4O3. The van der Waals surface area contributed by atoms with Gasteiger partial charge in [-0.3, -0.25) is 10.1 Å². The summed E-state index contributed by atoms with van der Waals surface area (Å²) < 4.78 is 2.02. The third-order valence-corrected chi connectivity index (χ3v) is 5.45. The predicted octanol–water partition coefficient (Wildman–Crippen LogP) is 3.13. The first kappa shape index (κ1) is 19.1. The summed E-state index contributed by atoms with van der Waals surface area (Å²) >= 11 is 0. The first-order valence-electron chi connectivity index (χ1n) is 9.70. The van der Waals surface area contributed by atoms with Gasteiger partial charge >= 0.3 is 0 Å². The number of nitrogens with zero attached hydrogens (tertiary/aromatic N) is 3. The van der Waals surface area contributed by atoms with Crippen LogP contribution in [0, 0.1) is 11.3 Å². The molecule has 29 heavy (non-hydrogen) atoms. The summed E-state index contributed by atoms with van der Waals surface area (Å²) in [5.74, 6) is 0.0979. The molecule has 0 aliphatic heterocycles. The monoisotopic (exact) mass is 390 g/mol. The van der Waals surface area contributed by atoms with Gasteiger partial charge in [0.15, 0.2) is 0 Å². The summed E-state index contributed by atoms with van der Waals surface area (Å²) in [6, 6.07) is 14.2. The molecule has 1 aromatic heterocycles. The van der Waals surface area contributed by atoms with Crippen LogP contribution >= 0.6 is 0 Å². The fourth-order valence-electron chi connectivity index (χ4n) is 3.92. The van der Waals surface area contributed by atoms with Gasteiger partial charge < -0.3 is 14.8 Å². The van der Waals surface area contributed by atoms with Crippen LogP contribution in [-0.4, -0.2) is 31.8 Å². The molecule has 0 spiro atoms. The fourth-order valence-corrected chi connectivity index (χ4v) is 3.92. The van der Waals surface area contributed by atoms with Crippen molar-refractivity contribution in [3.8, 4) is 6.07 Å². The zero-order valence-electron chi connectivity index (χ0n) is 15.9. The third kappa shape index (κ3) is 3.86. The van der Waals surface area contributed by atoms with Crippen LogP contribution in [0.3, 0.4) is 0 Å². The number of carbonyl (C=O) groups excluding carboxylic acids is 1. The number of aliphatic hydroxyl groups is 2. The molecule has 2 aromatic carbocycles. The van der Waals surface area contributed by atoms with Crippen LogP contribution in [0.5, 0.6) is 0 Å². The van der Waals surface area contributed by atoms with Crippen LogP contribution < -0.4 is 5.32 Å². The molecule has 0 radical (unpaired) electrons. The van der Waals surface area contributed by atoms with E-state index in [-0.39, 0.29) is 24.7 Å². The Morgan fingerprint density at radius 2 is 2.00 bits per heavy atom. The van der Waals surface area contributed by atoms with Gasteiger partial charge in [0.2, 0.25) is 5.95 Å². The second-order valence-electron chi connectivity index (χ2n) is 7.40. The Balaban J connectivity index is 1.72. The van der Waals surface area contributed by atoms with Crippen molar-refractivity contribution < 1.29 is 15.0 Å². The van der Waals surface area contributed by atoms with E-state index in [2.05, 4.69) is 10.3 Å². The Bertz CT molecular complexity index is 1090. The Labute approximate surface area is 168 Å². The van der Waals surface area contributed by atoms with Gasteiger partial charge in [0.05, 0.1) is 35.4 Å². The molecule has 1 aliphatic rings. The topological polar surface area (TPSA) is 111 Å². The van der Waals surface area contributed by atoms with Crippen molar-refractivity contribution in [2.24, 2.45) is 0 Å². The van der Waals surface area contributed by atoms with E-state index in [4.69, 9.17) is 5.26 Å². The molecule has 0 unspecified atom stereocenters. The lowest BCUT2D eigenvalue weighted by Crippen LogP contribution is -2.23. The third-order valence-electron chi connectivity index (χ3n) is 5.45. The molecule has 3 N–H and O–H groups in total. The van der Waals surface area contributed by atoms with E-state index in [0.29, 0.717) is 35.4 Å². The number of imidazole rings is 1. The molecule has 7 nitrogen and oxygen atoms in total. The van der Waals surface area contributed by atoms with Gasteiger partial charge in [-0.2, -0.15) is 5.26 Å². The number of benzene rings is 2. The maximum Gasteiger partial charge on any atom is 0.258 e. The van der Waals surface area contributed by atoms with Gasteiger partial charge in [0, 0.05) is 11.6 Å². The average Bonchev–Trinajstić information content (AvgIpc) is 3.11. The Kier molecular flexibility index (Phi) is 5.30. The van der Waals surface area contributed by atoms with Gasteiger partial charge in [-0.1, -0.05) is 12.1 Å². The van der Waals surface area contributed by atoms with Gasteiger partial charge in [-0.25, -0.2) is 4.98 Å². The maximum atomic E-state index is 12.8. The van der Waals surface area contributed by atoms with Gasteiger partial charge in [0.1, 0.15) is 0 Å². The number of anilines is 1. The van der Waals surface area contributed by atoms with Gasteiger partial charge in [-0.05, 0) is 61.6 Å². The van der Waals surface area contributed by atoms with E-state index < -0.39 is 0 Å². The minimum atomic E-state index is -0.336. The van der Waals surface area contributed by atoms with Crippen LogP contribution in [0.25, 0.3) is 11.0 Å². The van der Waals surface area contributed by atoms with Crippen molar-refractivity contribution in [3.05, 3.63) is 59.2 Å². The van der Waals surface area contributed by atoms with Crippen molar-refractivity contribution in [1.29, 1.82) is 5.26 Å². The molecular weight excluding hydrogens is 368 g/mol. The van der Waals surface area contributed by atoms with Crippen LogP contribution in [0.1, 0.15) is 53.2 Å². The largest absolute Gasteiger partial charge is 0.393 e. The van der Waals surface area contributed by atoms with Crippen LogP contribution in [0.2, 0.25) is 0 Å². The summed E-state index contributed by atoms with van der Waals surface area (Å²) in [4.78, 5) is 17.4. The molecule has 1 heterocycles. The second-order valence-corrected chi connectivity index (χ2v) is 7.40. The number of rotatable bonds is 4. The zero-order valence-corrected chi connectivity index (χ0v) is 15.9. The molecule has 0 bridgehead atoms. The Morgan fingerprint density at radius 3 is 2.72 bits per heavy atom. The van der Waals surface area contributed by atoms with E-state index in [1.165, 1.54) is 0 Å². The van der Waals surface area contributed by atoms with Crippen molar-refractivity contribution in [3.63, 3.8) is 0 Å². The van der Waals surface area contributed by atoms with Crippen molar-refractivity contribution in [2.45, 2.75) is 44.4 Å². The van der Waals surface area contributed by atoms with E-state index >= 15 is 0 Å². The lowest BCUT2D eigenvalue weighted by molar-refractivity contribution is 0.102. The summed E-state index contributed by atoms with van der Waals surface area (Å²) in [7, 11) is 0. The van der Waals surface area contributed by atoms with Crippen LogP contribution in [0.4, 0.5) is 5.95 Å². The highest BCUT2D eigenvalue weighted by molar-refractivity contribution is 6.04. The highest BCUT2D eigenvalue weighted by Gasteiger charge is 2.26. The zero-order chi connectivity index (χ0) is 20.4. The van der Waals surface area contributed by atoms with Gasteiger partial charge in [0.25, 0.3) is 5.91 Å². The molecule has 1 amide bonds. The first-order valence-corrected chi connectivity index (χ1v) is 9.70. The Hall–Kier alpha value is -3.21. The highest BCUT2D eigenvalue weighted by Crippen LogP contribution is 2.35. The lowest BCUT2D eigenvalue weighted by Gasteiger charge is -2.28. The quantitative estimate of drug-likeness (QED) is 0.634. The minimum Gasteiger partial charge on any atom is -0.393 e. The SMILES string of the molecule is N#Cc1cccc(C(=O)Nc2nc3cc(CO)ccc3n2C2CCC(O)CC2)c1. The number of fused-ring (bicyclic) bond motifs is 1. The molecule has 1 aliphatic carbocycles. The van der Waals surface area contributed by atoms with E-state index in [9.17, 15) is 15.0 Å². The molecule has 0 saturated heterocycles. The number of nitrogens with one attached hydrogen (secondary N) is 1. The normalized spacial score (nSPS) is 19.1. The number of aromatic nitrogens is 2. The lowest BCUT2D eigenvalue weighted by atomic mass is 9.93. The number of amides is 1. The minimum absolute atomic E-state index is 0.0823. The summed E-state index contributed by atoms with van der Waals surface area (Å²) in [5, 5.41) is 31.3. The number of hydrogen-bond donors (Lipinski definition) is 3. The average molecular weight is 390 g/mol. The molecule has 0 atom stereocenters. The summed E-state index contributed by atoms with van der Waals surface area (Å²) in [6.45, 7) is -0.0823. The van der Waals surface area contributed by atoms with Crippen molar-refractivity contribution in [2.75, 3.05) is 5.32 Å². The molecule has 148 valence electrons. The summed E-state index contributed by atoms with van der Waals surface area (Å²) in [6.07, 6.45) is 2.71. The summed E-state index contributed by atoms with van der Waals surface area (Å²) in [5.41, 5.74) is 3.13. The van der Waals surface area contributed by atoms with Crippen molar-refractivity contribution >= 4 is 22.9 Å². The van der Waals surface area contributed by atoms with Crippen LogP contribution in [-0.2, 0) is 6.61 Å². The second kappa shape index (κ2) is 8.03. The number of hydrogen-bond acceptors (Lipinski definition) is 5. The van der Waals surface area contributed by atoms with E-state index in [0.717, 1.165) is 23.9 Å².